The highest BCUT2D eigenvalue weighted by Crippen LogP contribution is 2.38. The lowest BCUT2D eigenvalue weighted by molar-refractivity contribution is -0.132. The van der Waals surface area contributed by atoms with E-state index in [9.17, 15) is 9.59 Å². The van der Waals surface area contributed by atoms with Gasteiger partial charge in [-0.2, -0.15) is 0 Å². The first-order valence-electron chi connectivity index (χ1n) is 10.6. The van der Waals surface area contributed by atoms with Crippen molar-refractivity contribution in [2.75, 3.05) is 54.1 Å². The van der Waals surface area contributed by atoms with Crippen LogP contribution in [0.1, 0.15) is 23.2 Å². The molecule has 1 fully saturated rings. The molecule has 0 atom stereocenters. The molecule has 0 aliphatic carbocycles. The van der Waals surface area contributed by atoms with Crippen molar-refractivity contribution in [3.63, 3.8) is 0 Å². The van der Waals surface area contributed by atoms with Crippen LogP contribution in [0.4, 0.5) is 0 Å². The first-order chi connectivity index (χ1) is 15.6. The predicted octanol–water partition coefficient (Wildman–Crippen LogP) is 2.86. The van der Waals surface area contributed by atoms with Crippen molar-refractivity contribution in [1.29, 1.82) is 0 Å². The molecule has 0 spiro atoms. The molecule has 3 rings (SSSR count). The summed E-state index contributed by atoms with van der Waals surface area (Å²) >= 11 is 0. The molecule has 2 amide bonds. The van der Waals surface area contributed by atoms with Gasteiger partial charge >= 0.3 is 0 Å². The van der Waals surface area contributed by atoms with Crippen molar-refractivity contribution in [2.24, 2.45) is 0 Å². The van der Waals surface area contributed by atoms with Crippen LogP contribution in [-0.4, -0.2) is 75.7 Å². The fourth-order valence-electron chi connectivity index (χ4n) is 3.63. The number of methoxy groups -OCH3 is 3. The topological polar surface area (TPSA) is 77.5 Å². The standard InChI is InChI=1S/C24H30N2O6/c1-29-20-16-18(17-21(30-2)23(20)31-3)24(28)26-13-11-25(12-14-26)22(27)10-7-15-32-19-8-5-4-6-9-19/h4-6,8-9,16-17H,7,10-15H2,1-3H3. The lowest BCUT2D eigenvalue weighted by Crippen LogP contribution is -2.50. The first kappa shape index (κ1) is 23.2. The molecule has 1 aliphatic rings. The van der Waals surface area contributed by atoms with Crippen LogP contribution in [0.5, 0.6) is 23.0 Å². The van der Waals surface area contributed by atoms with Crippen molar-refractivity contribution in [2.45, 2.75) is 12.8 Å². The molecule has 172 valence electrons. The Kier molecular flexibility index (Phi) is 8.19. The molecular formula is C24H30N2O6. The van der Waals surface area contributed by atoms with Crippen molar-refractivity contribution in [3.8, 4) is 23.0 Å². The number of rotatable bonds is 9. The minimum Gasteiger partial charge on any atom is -0.494 e. The maximum Gasteiger partial charge on any atom is 0.254 e. The van der Waals surface area contributed by atoms with Crippen LogP contribution in [0.25, 0.3) is 0 Å². The van der Waals surface area contributed by atoms with Gasteiger partial charge in [-0.15, -0.1) is 0 Å². The van der Waals surface area contributed by atoms with Gasteiger partial charge < -0.3 is 28.7 Å². The van der Waals surface area contributed by atoms with Gasteiger partial charge in [-0.3, -0.25) is 9.59 Å². The monoisotopic (exact) mass is 442 g/mol. The highest BCUT2D eigenvalue weighted by atomic mass is 16.5. The molecule has 1 saturated heterocycles. The van der Waals surface area contributed by atoms with Gasteiger partial charge in [0.2, 0.25) is 11.7 Å². The third kappa shape index (κ3) is 5.63. The smallest absolute Gasteiger partial charge is 0.254 e. The summed E-state index contributed by atoms with van der Waals surface area (Å²) in [5.41, 5.74) is 0.456. The SMILES string of the molecule is COc1cc(C(=O)N2CCN(C(=O)CCCOc3ccccc3)CC2)cc(OC)c1OC. The van der Waals surface area contributed by atoms with Crippen molar-refractivity contribution >= 4 is 11.8 Å². The Morgan fingerprint density at radius 1 is 0.844 bits per heavy atom. The van der Waals surface area contributed by atoms with Gasteiger partial charge in [0.15, 0.2) is 11.5 Å². The molecule has 32 heavy (non-hydrogen) atoms. The number of benzene rings is 2. The highest BCUT2D eigenvalue weighted by Gasteiger charge is 2.26. The third-order valence-electron chi connectivity index (χ3n) is 5.38. The lowest BCUT2D eigenvalue weighted by Gasteiger charge is -2.35. The van der Waals surface area contributed by atoms with Gasteiger partial charge in [-0.05, 0) is 30.7 Å². The molecule has 0 saturated carbocycles. The summed E-state index contributed by atoms with van der Waals surface area (Å²) in [6.07, 6.45) is 1.08. The summed E-state index contributed by atoms with van der Waals surface area (Å²) in [6, 6.07) is 12.8. The molecule has 0 bridgehead atoms. The zero-order valence-corrected chi connectivity index (χ0v) is 18.8. The number of carbonyl (C=O) groups is 2. The molecule has 8 nitrogen and oxygen atoms in total. The number of nitrogens with zero attached hydrogens (tertiary/aromatic N) is 2. The maximum atomic E-state index is 13.0. The zero-order chi connectivity index (χ0) is 22.9. The van der Waals surface area contributed by atoms with Gasteiger partial charge in [0.1, 0.15) is 5.75 Å². The van der Waals surface area contributed by atoms with Crippen LogP contribution in [0.3, 0.4) is 0 Å². The minimum atomic E-state index is -0.132. The Hall–Kier alpha value is -3.42. The van der Waals surface area contributed by atoms with Gasteiger partial charge in [-0.1, -0.05) is 18.2 Å². The average Bonchev–Trinajstić information content (AvgIpc) is 2.85. The molecular weight excluding hydrogens is 412 g/mol. The van der Waals surface area contributed by atoms with Gasteiger partial charge in [-0.25, -0.2) is 0 Å². The molecule has 8 heteroatoms. The summed E-state index contributed by atoms with van der Waals surface area (Å²) in [5.74, 6) is 2.06. The molecule has 1 aliphatic heterocycles. The summed E-state index contributed by atoms with van der Waals surface area (Å²) in [7, 11) is 4.55. The second kappa shape index (κ2) is 11.3. The molecule has 2 aromatic rings. The van der Waals surface area contributed by atoms with Crippen LogP contribution in [-0.2, 0) is 4.79 Å². The Bertz CT molecular complexity index is 885. The van der Waals surface area contributed by atoms with Crippen molar-refractivity contribution in [3.05, 3.63) is 48.0 Å². The highest BCUT2D eigenvalue weighted by molar-refractivity contribution is 5.96. The van der Waals surface area contributed by atoms with Gasteiger partial charge in [0.05, 0.1) is 27.9 Å². The molecule has 0 aromatic heterocycles. The van der Waals surface area contributed by atoms with Crippen molar-refractivity contribution < 1.29 is 28.5 Å². The molecule has 0 N–H and O–H groups in total. The Morgan fingerprint density at radius 3 is 2.00 bits per heavy atom. The van der Waals surface area contributed by atoms with Crippen LogP contribution >= 0.6 is 0 Å². The van der Waals surface area contributed by atoms with Crippen LogP contribution < -0.4 is 18.9 Å². The Balaban J connectivity index is 1.49. The van der Waals surface area contributed by atoms with Gasteiger partial charge in [0, 0.05) is 38.2 Å². The number of carbonyl (C=O) groups excluding carboxylic acids is 2. The number of amides is 2. The minimum absolute atomic E-state index is 0.0848. The van der Waals surface area contributed by atoms with E-state index < -0.39 is 0 Å². The second-order valence-electron chi connectivity index (χ2n) is 7.35. The molecule has 0 radical (unpaired) electrons. The molecule has 0 unspecified atom stereocenters. The summed E-state index contributed by atoms with van der Waals surface area (Å²) in [6.45, 7) is 2.46. The number of hydrogen-bond acceptors (Lipinski definition) is 6. The van der Waals surface area contributed by atoms with E-state index in [1.807, 2.05) is 35.2 Å². The van der Waals surface area contributed by atoms with E-state index in [2.05, 4.69) is 0 Å². The van der Waals surface area contributed by atoms with E-state index in [0.717, 1.165) is 5.75 Å². The first-order valence-corrected chi connectivity index (χ1v) is 10.6. The van der Waals surface area contributed by atoms with Gasteiger partial charge in [0.25, 0.3) is 5.91 Å². The average molecular weight is 443 g/mol. The maximum absolute atomic E-state index is 13.0. The van der Waals surface area contributed by atoms with Crippen molar-refractivity contribution in [1.82, 2.24) is 9.80 Å². The number of ether oxygens (including phenoxy) is 4. The molecule has 1 heterocycles. The second-order valence-corrected chi connectivity index (χ2v) is 7.35. The van der Waals surface area contributed by atoms with Crippen LogP contribution in [0.2, 0.25) is 0 Å². The molecule has 2 aromatic carbocycles. The zero-order valence-electron chi connectivity index (χ0n) is 18.8. The fraction of sp³-hybridized carbons (Fsp3) is 0.417. The van der Waals surface area contributed by atoms with E-state index in [1.54, 1.807) is 17.0 Å². The Morgan fingerprint density at radius 2 is 1.44 bits per heavy atom. The number of para-hydroxylation sites is 1. The number of hydrogen-bond donors (Lipinski definition) is 0. The lowest BCUT2D eigenvalue weighted by atomic mass is 10.1. The van der Waals surface area contributed by atoms with E-state index in [0.29, 0.717) is 68.4 Å². The summed E-state index contributed by atoms with van der Waals surface area (Å²) in [5, 5.41) is 0. The summed E-state index contributed by atoms with van der Waals surface area (Å²) < 4.78 is 21.6. The predicted molar refractivity (Wildman–Crippen MR) is 120 cm³/mol. The fourth-order valence-corrected chi connectivity index (χ4v) is 3.63. The Labute approximate surface area is 188 Å². The van der Waals surface area contributed by atoms with Crippen LogP contribution in [0.15, 0.2) is 42.5 Å². The third-order valence-corrected chi connectivity index (χ3v) is 5.38. The van der Waals surface area contributed by atoms with E-state index in [-0.39, 0.29) is 11.8 Å². The normalized spacial score (nSPS) is 13.5. The van der Waals surface area contributed by atoms with Crippen LogP contribution in [0, 0.1) is 0 Å². The van der Waals surface area contributed by atoms with E-state index in [4.69, 9.17) is 18.9 Å². The largest absolute Gasteiger partial charge is 0.494 e. The number of piperazine rings is 1. The van der Waals surface area contributed by atoms with E-state index >= 15 is 0 Å². The summed E-state index contributed by atoms with van der Waals surface area (Å²) in [4.78, 5) is 29.1. The quantitative estimate of drug-likeness (QED) is 0.556. The van der Waals surface area contributed by atoms with E-state index in [1.165, 1.54) is 21.3 Å².